The molecule has 0 aliphatic carbocycles. The standard InChI is InChI=1S/C35H47N3O3/c1-26(2)16-20-38(6)32(22-28-14-18-36-19-15-28)33(39)23-29(34(40)24-35(3,4)5)21-27-10-12-31(13-11-27)41-25-30-9-7-8-17-37-30/h7-15,17-19,26,29,32H,16,20-25H2,1-6H3. The highest BCUT2D eigenvalue weighted by Crippen LogP contribution is 2.27. The van der Waals surface area contributed by atoms with Crippen LogP contribution in [-0.4, -0.2) is 46.1 Å². The number of hydrogen-bond acceptors (Lipinski definition) is 6. The van der Waals surface area contributed by atoms with Crippen molar-refractivity contribution in [1.29, 1.82) is 0 Å². The second-order valence-electron chi connectivity index (χ2n) is 12.8. The molecule has 0 amide bonds. The molecule has 2 atom stereocenters. The van der Waals surface area contributed by atoms with Gasteiger partial charge in [0.25, 0.3) is 0 Å². The number of ether oxygens (including phenoxy) is 1. The van der Waals surface area contributed by atoms with E-state index in [0.717, 1.165) is 35.5 Å². The maximum Gasteiger partial charge on any atom is 0.151 e. The Kier molecular flexibility index (Phi) is 12.2. The van der Waals surface area contributed by atoms with Crippen LogP contribution in [0.1, 0.15) is 70.7 Å². The molecule has 0 N–H and O–H groups in total. The third-order valence-electron chi connectivity index (χ3n) is 7.27. The molecule has 0 aliphatic rings. The fourth-order valence-corrected chi connectivity index (χ4v) is 4.87. The molecule has 0 saturated carbocycles. The minimum Gasteiger partial charge on any atom is -0.487 e. The molecule has 1 aromatic carbocycles. The van der Waals surface area contributed by atoms with Gasteiger partial charge in [-0.1, -0.05) is 52.8 Å². The number of hydrogen-bond donors (Lipinski definition) is 0. The molecular formula is C35H47N3O3. The van der Waals surface area contributed by atoms with E-state index in [0.29, 0.717) is 31.8 Å². The molecule has 41 heavy (non-hydrogen) atoms. The average molecular weight is 558 g/mol. The minimum absolute atomic E-state index is 0.121. The SMILES string of the molecule is CC(C)CCN(C)C(Cc1ccncc1)C(=O)CC(Cc1ccc(OCc2ccccn2)cc1)C(=O)CC(C)(C)C. The Labute approximate surface area is 246 Å². The van der Waals surface area contributed by atoms with Gasteiger partial charge < -0.3 is 4.74 Å². The van der Waals surface area contributed by atoms with Crippen LogP contribution >= 0.6 is 0 Å². The Bertz CT molecular complexity index is 1200. The van der Waals surface area contributed by atoms with Crippen LogP contribution in [0.5, 0.6) is 5.75 Å². The van der Waals surface area contributed by atoms with Crippen LogP contribution in [0.2, 0.25) is 0 Å². The number of Topliss-reactive ketones (excluding diaryl/α,β-unsaturated/α-hetero) is 2. The molecule has 0 spiro atoms. The zero-order valence-corrected chi connectivity index (χ0v) is 25.7. The van der Waals surface area contributed by atoms with Crippen molar-refractivity contribution in [2.75, 3.05) is 13.6 Å². The van der Waals surface area contributed by atoms with Crippen molar-refractivity contribution < 1.29 is 14.3 Å². The van der Waals surface area contributed by atoms with E-state index in [4.69, 9.17) is 4.74 Å². The van der Waals surface area contributed by atoms with E-state index in [-0.39, 0.29) is 35.4 Å². The molecule has 0 aliphatic heterocycles. The molecule has 6 nitrogen and oxygen atoms in total. The van der Waals surface area contributed by atoms with Gasteiger partial charge in [-0.15, -0.1) is 0 Å². The first-order chi connectivity index (χ1) is 19.5. The van der Waals surface area contributed by atoms with Crippen LogP contribution in [0.4, 0.5) is 0 Å². The highest BCUT2D eigenvalue weighted by molar-refractivity contribution is 5.91. The predicted octanol–water partition coefficient (Wildman–Crippen LogP) is 6.77. The van der Waals surface area contributed by atoms with Crippen molar-refractivity contribution in [3.63, 3.8) is 0 Å². The van der Waals surface area contributed by atoms with E-state index in [1.54, 1.807) is 18.6 Å². The first-order valence-corrected chi connectivity index (χ1v) is 14.8. The molecule has 3 aromatic rings. The lowest BCUT2D eigenvalue weighted by Crippen LogP contribution is -2.42. The molecule has 0 bridgehead atoms. The molecular weight excluding hydrogens is 510 g/mol. The van der Waals surface area contributed by atoms with E-state index in [1.807, 2.05) is 61.6 Å². The Morgan fingerprint density at radius 3 is 2.17 bits per heavy atom. The summed E-state index contributed by atoms with van der Waals surface area (Å²) in [6.07, 6.45) is 8.11. The third-order valence-corrected chi connectivity index (χ3v) is 7.27. The maximum atomic E-state index is 13.9. The van der Waals surface area contributed by atoms with Crippen LogP contribution in [0, 0.1) is 17.3 Å². The molecule has 0 saturated heterocycles. The van der Waals surface area contributed by atoms with Crippen molar-refractivity contribution >= 4 is 11.6 Å². The van der Waals surface area contributed by atoms with E-state index < -0.39 is 0 Å². The number of benzene rings is 1. The molecule has 2 unspecified atom stereocenters. The van der Waals surface area contributed by atoms with E-state index in [2.05, 4.69) is 49.5 Å². The molecule has 0 fully saturated rings. The summed E-state index contributed by atoms with van der Waals surface area (Å²) in [6, 6.07) is 17.3. The zero-order valence-electron chi connectivity index (χ0n) is 25.7. The van der Waals surface area contributed by atoms with Crippen LogP contribution in [-0.2, 0) is 29.0 Å². The van der Waals surface area contributed by atoms with Gasteiger partial charge in [0.05, 0.1) is 11.7 Å². The summed E-state index contributed by atoms with van der Waals surface area (Å²) in [7, 11) is 2.03. The molecule has 3 rings (SSSR count). The number of nitrogens with zero attached hydrogens (tertiary/aromatic N) is 3. The van der Waals surface area contributed by atoms with Crippen LogP contribution in [0.15, 0.2) is 73.2 Å². The summed E-state index contributed by atoms with van der Waals surface area (Å²) in [5.41, 5.74) is 2.82. The number of aromatic nitrogens is 2. The quantitative estimate of drug-likeness (QED) is 0.194. The lowest BCUT2D eigenvalue weighted by molar-refractivity contribution is -0.131. The smallest absolute Gasteiger partial charge is 0.151 e. The summed E-state index contributed by atoms with van der Waals surface area (Å²) in [5.74, 6) is 1.19. The van der Waals surface area contributed by atoms with Gasteiger partial charge in [0, 0.05) is 37.4 Å². The minimum atomic E-state index is -0.375. The highest BCUT2D eigenvalue weighted by atomic mass is 16.5. The fourth-order valence-electron chi connectivity index (χ4n) is 4.87. The molecule has 2 aromatic heterocycles. The first kappa shape index (κ1) is 32.1. The summed E-state index contributed by atoms with van der Waals surface area (Å²) in [5, 5.41) is 0. The second-order valence-corrected chi connectivity index (χ2v) is 12.8. The lowest BCUT2D eigenvalue weighted by Gasteiger charge is -2.29. The monoisotopic (exact) mass is 557 g/mol. The summed E-state index contributed by atoms with van der Waals surface area (Å²) >= 11 is 0. The summed E-state index contributed by atoms with van der Waals surface area (Å²) in [6.45, 7) is 11.8. The summed E-state index contributed by atoms with van der Waals surface area (Å²) < 4.78 is 5.89. The highest BCUT2D eigenvalue weighted by Gasteiger charge is 2.31. The van der Waals surface area contributed by atoms with E-state index >= 15 is 0 Å². The molecule has 6 heteroatoms. The lowest BCUT2D eigenvalue weighted by atomic mass is 9.80. The van der Waals surface area contributed by atoms with Crippen LogP contribution in [0.25, 0.3) is 0 Å². The summed E-state index contributed by atoms with van der Waals surface area (Å²) in [4.78, 5) is 38.1. The second kappa shape index (κ2) is 15.6. The van der Waals surface area contributed by atoms with Crippen molar-refractivity contribution in [3.05, 3.63) is 90.0 Å². The molecule has 220 valence electrons. The number of ketones is 2. The number of carbonyl (C=O) groups excluding carboxylic acids is 2. The Morgan fingerprint density at radius 1 is 0.878 bits per heavy atom. The van der Waals surface area contributed by atoms with Gasteiger partial charge in [-0.25, -0.2) is 0 Å². The maximum absolute atomic E-state index is 13.9. The number of likely N-dealkylation sites (N-methyl/N-ethyl adjacent to an activating group) is 1. The van der Waals surface area contributed by atoms with Crippen LogP contribution in [0.3, 0.4) is 0 Å². The largest absolute Gasteiger partial charge is 0.487 e. The van der Waals surface area contributed by atoms with Gasteiger partial charge in [-0.05, 0) is 91.7 Å². The number of rotatable bonds is 16. The van der Waals surface area contributed by atoms with Crippen LogP contribution < -0.4 is 4.74 Å². The van der Waals surface area contributed by atoms with Crippen molar-refractivity contribution in [2.45, 2.75) is 79.4 Å². The first-order valence-electron chi connectivity index (χ1n) is 14.8. The molecule has 0 radical (unpaired) electrons. The predicted molar refractivity (Wildman–Crippen MR) is 165 cm³/mol. The number of carbonyl (C=O) groups is 2. The Balaban J connectivity index is 1.75. The normalized spacial score (nSPS) is 13.3. The van der Waals surface area contributed by atoms with Crippen molar-refractivity contribution in [2.24, 2.45) is 17.3 Å². The Hall–Kier alpha value is -3.38. The van der Waals surface area contributed by atoms with E-state index in [9.17, 15) is 9.59 Å². The van der Waals surface area contributed by atoms with Crippen molar-refractivity contribution in [1.82, 2.24) is 14.9 Å². The molecule has 2 heterocycles. The topological polar surface area (TPSA) is 72.4 Å². The van der Waals surface area contributed by atoms with Gasteiger partial charge in [0.15, 0.2) is 5.78 Å². The third kappa shape index (κ3) is 11.6. The fraction of sp³-hybridized carbons (Fsp3) is 0.486. The van der Waals surface area contributed by atoms with E-state index in [1.165, 1.54) is 0 Å². The number of pyridine rings is 2. The van der Waals surface area contributed by atoms with Gasteiger partial charge in [-0.2, -0.15) is 0 Å². The zero-order chi connectivity index (χ0) is 29.8. The van der Waals surface area contributed by atoms with Gasteiger partial charge in [0.2, 0.25) is 0 Å². The average Bonchev–Trinajstić information content (AvgIpc) is 2.94. The Morgan fingerprint density at radius 2 is 1.56 bits per heavy atom. The van der Waals surface area contributed by atoms with Gasteiger partial charge >= 0.3 is 0 Å². The van der Waals surface area contributed by atoms with Crippen molar-refractivity contribution in [3.8, 4) is 5.75 Å². The van der Waals surface area contributed by atoms with Gasteiger partial charge in [-0.3, -0.25) is 24.5 Å². The van der Waals surface area contributed by atoms with Gasteiger partial charge in [0.1, 0.15) is 18.1 Å².